The van der Waals surface area contributed by atoms with E-state index in [1.54, 1.807) is 18.3 Å². The van der Waals surface area contributed by atoms with Crippen molar-refractivity contribution >= 4 is 23.5 Å². The Kier molecular flexibility index (Phi) is 5.90. The van der Waals surface area contributed by atoms with Crippen LogP contribution in [0.5, 0.6) is 0 Å². The van der Waals surface area contributed by atoms with Crippen molar-refractivity contribution in [3.63, 3.8) is 0 Å². The number of benzene rings is 2. The number of rotatable bonds is 5. The Hall–Kier alpha value is -3.72. The molecule has 8 nitrogen and oxygen atoms in total. The number of anilines is 1. The zero-order valence-electron chi connectivity index (χ0n) is 19.0. The molecule has 0 aromatic heterocycles. The van der Waals surface area contributed by atoms with Crippen LogP contribution in [0.1, 0.15) is 22.3 Å². The summed E-state index contributed by atoms with van der Waals surface area (Å²) in [7, 11) is 1.71. The lowest BCUT2D eigenvalue weighted by molar-refractivity contribution is -0.133. The Bertz CT molecular complexity index is 1140. The molecule has 4 amide bonds. The van der Waals surface area contributed by atoms with Crippen LogP contribution in [0.25, 0.3) is 0 Å². The third-order valence-electron chi connectivity index (χ3n) is 5.74. The molecule has 33 heavy (non-hydrogen) atoms. The van der Waals surface area contributed by atoms with Crippen LogP contribution in [-0.2, 0) is 16.1 Å². The van der Waals surface area contributed by atoms with E-state index < -0.39 is 23.8 Å². The standard InChI is InChI=1S/C24H26FN5O3/c1-14-9-15(2)21(16(3)10-14)26-20(31)13-29-19-12-28(4)27-22(19)23(32)30(24(29)33)11-17-5-7-18(25)8-6-17/h5-10,12,22,27H,11,13H2,1-4H3,(H,26,31). The largest absolute Gasteiger partial charge is 0.331 e. The minimum absolute atomic E-state index is 0.0264. The third-order valence-corrected chi connectivity index (χ3v) is 5.74. The Morgan fingerprint density at radius 1 is 1.06 bits per heavy atom. The lowest BCUT2D eigenvalue weighted by atomic mass is 10.0. The summed E-state index contributed by atoms with van der Waals surface area (Å²) in [5.41, 5.74) is 7.67. The molecule has 9 heteroatoms. The molecule has 1 unspecified atom stereocenters. The minimum atomic E-state index is -0.788. The van der Waals surface area contributed by atoms with E-state index >= 15 is 0 Å². The Morgan fingerprint density at radius 3 is 2.33 bits per heavy atom. The molecule has 0 aliphatic carbocycles. The number of aryl methyl sites for hydroxylation is 3. The summed E-state index contributed by atoms with van der Waals surface area (Å²) in [4.78, 5) is 41.7. The normalized spacial score (nSPS) is 17.9. The van der Waals surface area contributed by atoms with E-state index in [-0.39, 0.29) is 19.0 Å². The van der Waals surface area contributed by atoms with Gasteiger partial charge in [0.05, 0.1) is 12.2 Å². The predicted molar refractivity (Wildman–Crippen MR) is 121 cm³/mol. The van der Waals surface area contributed by atoms with Crippen LogP contribution >= 0.6 is 0 Å². The maximum absolute atomic E-state index is 13.3. The molecule has 2 aliphatic heterocycles. The van der Waals surface area contributed by atoms with Crippen molar-refractivity contribution in [3.05, 3.63) is 76.4 Å². The highest BCUT2D eigenvalue weighted by Gasteiger charge is 2.46. The number of halogens is 1. The summed E-state index contributed by atoms with van der Waals surface area (Å²) in [6, 6.07) is 8.17. The Labute approximate surface area is 191 Å². The van der Waals surface area contributed by atoms with Crippen LogP contribution in [0.4, 0.5) is 14.9 Å². The van der Waals surface area contributed by atoms with E-state index in [9.17, 15) is 18.8 Å². The summed E-state index contributed by atoms with van der Waals surface area (Å²) in [5, 5.41) is 4.50. The number of hydrazine groups is 1. The van der Waals surface area contributed by atoms with Crippen LogP contribution in [0.2, 0.25) is 0 Å². The average molecular weight is 452 g/mol. The number of carbonyl (C=O) groups excluding carboxylic acids is 3. The van der Waals surface area contributed by atoms with Gasteiger partial charge in [-0.2, -0.15) is 0 Å². The Morgan fingerprint density at radius 2 is 1.70 bits per heavy atom. The number of hydrogen-bond donors (Lipinski definition) is 2. The highest BCUT2D eigenvalue weighted by Crippen LogP contribution is 2.27. The number of imide groups is 1. The van der Waals surface area contributed by atoms with Crippen molar-refractivity contribution in [3.8, 4) is 0 Å². The van der Waals surface area contributed by atoms with Gasteiger partial charge >= 0.3 is 6.03 Å². The molecule has 4 rings (SSSR count). The summed E-state index contributed by atoms with van der Waals surface area (Å²) >= 11 is 0. The number of urea groups is 1. The molecular weight excluding hydrogens is 425 g/mol. The van der Waals surface area contributed by atoms with Gasteiger partial charge in [0.2, 0.25) is 5.91 Å². The predicted octanol–water partition coefficient (Wildman–Crippen LogP) is 2.81. The van der Waals surface area contributed by atoms with Gasteiger partial charge < -0.3 is 10.3 Å². The van der Waals surface area contributed by atoms with Crippen molar-refractivity contribution in [1.29, 1.82) is 0 Å². The highest BCUT2D eigenvalue weighted by atomic mass is 19.1. The number of nitrogens with zero attached hydrogens (tertiary/aromatic N) is 3. The summed E-state index contributed by atoms with van der Waals surface area (Å²) in [6.45, 7) is 5.54. The smallest absolute Gasteiger partial charge is 0.324 e. The van der Waals surface area contributed by atoms with Gasteiger partial charge in [-0.25, -0.2) is 14.6 Å². The number of hydrogen-bond acceptors (Lipinski definition) is 5. The van der Waals surface area contributed by atoms with Crippen LogP contribution < -0.4 is 10.7 Å². The molecule has 1 saturated heterocycles. The SMILES string of the molecule is Cc1cc(C)c(NC(=O)CN2C(=O)N(Cc3ccc(F)cc3)C(=O)C3NN(C)C=C32)c(C)c1. The molecule has 2 aromatic carbocycles. The van der Waals surface area contributed by atoms with Gasteiger partial charge in [-0.3, -0.25) is 19.4 Å². The highest BCUT2D eigenvalue weighted by molar-refractivity contribution is 6.05. The second kappa shape index (κ2) is 8.67. The fraction of sp³-hybridized carbons (Fsp3) is 0.292. The van der Waals surface area contributed by atoms with Gasteiger partial charge in [0.1, 0.15) is 18.4 Å². The van der Waals surface area contributed by atoms with Gasteiger partial charge in [0, 0.05) is 18.9 Å². The molecule has 0 spiro atoms. The fourth-order valence-corrected chi connectivity index (χ4v) is 4.27. The maximum atomic E-state index is 13.3. The zero-order valence-corrected chi connectivity index (χ0v) is 19.0. The van der Waals surface area contributed by atoms with Crippen molar-refractivity contribution < 1.29 is 18.8 Å². The molecule has 0 radical (unpaired) electrons. The number of carbonyl (C=O) groups is 3. The second-order valence-electron chi connectivity index (χ2n) is 8.47. The molecule has 0 saturated carbocycles. The van der Waals surface area contributed by atoms with Gasteiger partial charge in [-0.15, -0.1) is 0 Å². The van der Waals surface area contributed by atoms with Crippen LogP contribution in [0.3, 0.4) is 0 Å². The average Bonchev–Trinajstić information content (AvgIpc) is 3.14. The van der Waals surface area contributed by atoms with Crippen LogP contribution in [0, 0.1) is 26.6 Å². The van der Waals surface area contributed by atoms with Crippen molar-refractivity contribution in [1.82, 2.24) is 20.2 Å². The van der Waals surface area contributed by atoms with E-state index in [4.69, 9.17) is 0 Å². The molecule has 2 N–H and O–H groups in total. The second-order valence-corrected chi connectivity index (χ2v) is 8.47. The van der Waals surface area contributed by atoms with Crippen molar-refractivity contribution in [2.75, 3.05) is 18.9 Å². The number of amides is 4. The van der Waals surface area contributed by atoms with Crippen molar-refractivity contribution in [2.45, 2.75) is 33.4 Å². The molecule has 1 atom stereocenters. The third kappa shape index (κ3) is 4.45. The number of fused-ring (bicyclic) bond motifs is 1. The van der Waals surface area contributed by atoms with Gasteiger partial charge in [-0.05, 0) is 49.6 Å². The van der Waals surface area contributed by atoms with Crippen LogP contribution in [0.15, 0.2) is 48.3 Å². The van der Waals surface area contributed by atoms with E-state index in [0.717, 1.165) is 21.6 Å². The molecule has 0 bridgehead atoms. The molecule has 172 valence electrons. The molecule has 2 aromatic rings. The van der Waals surface area contributed by atoms with Gasteiger partial charge in [-0.1, -0.05) is 29.8 Å². The first kappa shape index (κ1) is 22.5. The summed E-state index contributed by atoms with van der Waals surface area (Å²) in [5.74, 6) is -1.20. The monoisotopic (exact) mass is 451 g/mol. The van der Waals surface area contributed by atoms with Crippen molar-refractivity contribution in [2.24, 2.45) is 0 Å². The molecule has 2 heterocycles. The lowest BCUT2D eigenvalue weighted by Gasteiger charge is -2.37. The minimum Gasteiger partial charge on any atom is -0.324 e. The first-order chi connectivity index (χ1) is 15.6. The molecule has 2 aliphatic rings. The van der Waals surface area contributed by atoms with Gasteiger partial charge in [0.25, 0.3) is 5.91 Å². The van der Waals surface area contributed by atoms with E-state index in [0.29, 0.717) is 16.9 Å². The maximum Gasteiger partial charge on any atom is 0.331 e. The quantitative estimate of drug-likeness (QED) is 0.730. The summed E-state index contributed by atoms with van der Waals surface area (Å²) in [6.07, 6.45) is 1.63. The first-order valence-electron chi connectivity index (χ1n) is 10.6. The van der Waals surface area contributed by atoms with Gasteiger partial charge in [0.15, 0.2) is 0 Å². The topological polar surface area (TPSA) is 85.0 Å². The first-order valence-corrected chi connectivity index (χ1v) is 10.6. The lowest BCUT2D eigenvalue weighted by Crippen LogP contribution is -2.60. The number of nitrogens with one attached hydrogen (secondary N) is 2. The summed E-state index contributed by atoms with van der Waals surface area (Å²) < 4.78 is 13.3. The fourth-order valence-electron chi connectivity index (χ4n) is 4.27. The van der Waals surface area contributed by atoms with E-state index in [2.05, 4.69) is 10.7 Å². The zero-order chi connectivity index (χ0) is 23.9. The molecular formula is C24H26FN5O3. The molecule has 1 fully saturated rings. The Balaban J connectivity index is 1.58. The van der Waals surface area contributed by atoms with E-state index in [1.807, 2.05) is 32.9 Å². The van der Waals surface area contributed by atoms with Crippen LogP contribution in [-0.4, -0.2) is 52.3 Å². The van der Waals surface area contributed by atoms with E-state index in [1.165, 1.54) is 29.2 Å².